The van der Waals surface area contributed by atoms with Gasteiger partial charge in [0.05, 0.1) is 5.60 Å². The smallest absolute Gasteiger partial charge is 0.0812 e. The lowest BCUT2D eigenvalue weighted by molar-refractivity contribution is 0.0169. The van der Waals surface area contributed by atoms with E-state index < -0.39 is 5.60 Å². The average molecular weight is 205 g/mol. The van der Waals surface area contributed by atoms with Gasteiger partial charge in [-0.2, -0.15) is 0 Å². The van der Waals surface area contributed by atoms with Crippen LogP contribution in [-0.4, -0.2) is 23.8 Å². The van der Waals surface area contributed by atoms with Gasteiger partial charge in [0.1, 0.15) is 0 Å². The van der Waals surface area contributed by atoms with E-state index in [0.29, 0.717) is 0 Å². The summed E-state index contributed by atoms with van der Waals surface area (Å²) < 4.78 is 0. The van der Waals surface area contributed by atoms with Crippen LogP contribution in [0.1, 0.15) is 24.0 Å². The van der Waals surface area contributed by atoms with Crippen LogP contribution in [0, 0.1) is 6.92 Å². The number of aryl methyl sites for hydroxylation is 1. The molecule has 1 atom stereocenters. The average Bonchev–Trinajstić information content (AvgIpc) is 2.18. The molecule has 0 spiro atoms. The van der Waals surface area contributed by atoms with Gasteiger partial charge in [0.2, 0.25) is 0 Å². The second kappa shape index (κ2) is 4.33. The van der Waals surface area contributed by atoms with E-state index in [0.717, 1.165) is 32.4 Å². The zero-order chi connectivity index (χ0) is 10.7. The molecule has 1 fully saturated rings. The quantitative estimate of drug-likeness (QED) is 0.769. The predicted molar refractivity (Wildman–Crippen MR) is 61.9 cm³/mol. The van der Waals surface area contributed by atoms with Crippen LogP contribution in [0.3, 0.4) is 0 Å². The molecule has 0 aliphatic carbocycles. The largest absolute Gasteiger partial charge is 0.388 e. The van der Waals surface area contributed by atoms with Crippen molar-refractivity contribution in [3.05, 3.63) is 35.4 Å². The summed E-state index contributed by atoms with van der Waals surface area (Å²) in [5.74, 6) is 0. The van der Waals surface area contributed by atoms with Gasteiger partial charge >= 0.3 is 0 Å². The lowest BCUT2D eigenvalue weighted by atomic mass is 9.87. The molecule has 0 amide bonds. The van der Waals surface area contributed by atoms with Crippen molar-refractivity contribution in [2.75, 3.05) is 13.1 Å². The number of hydrogen-bond donors (Lipinski definition) is 2. The molecule has 1 aromatic rings. The zero-order valence-electron chi connectivity index (χ0n) is 9.29. The number of hydrogen-bond acceptors (Lipinski definition) is 2. The number of rotatable bonds is 2. The van der Waals surface area contributed by atoms with Crippen molar-refractivity contribution in [3.8, 4) is 0 Å². The topological polar surface area (TPSA) is 32.3 Å². The van der Waals surface area contributed by atoms with Crippen molar-refractivity contribution < 1.29 is 5.11 Å². The van der Waals surface area contributed by atoms with Crippen molar-refractivity contribution in [1.82, 2.24) is 5.32 Å². The summed E-state index contributed by atoms with van der Waals surface area (Å²) in [5, 5.41) is 13.6. The summed E-state index contributed by atoms with van der Waals surface area (Å²) in [5.41, 5.74) is 1.97. The van der Waals surface area contributed by atoms with E-state index in [1.165, 1.54) is 11.1 Å². The van der Waals surface area contributed by atoms with Crippen molar-refractivity contribution in [1.29, 1.82) is 0 Å². The summed E-state index contributed by atoms with van der Waals surface area (Å²) in [6.45, 7) is 3.85. The Morgan fingerprint density at radius 3 is 3.00 bits per heavy atom. The minimum absolute atomic E-state index is 0.536. The highest BCUT2D eigenvalue weighted by Crippen LogP contribution is 2.21. The summed E-state index contributed by atoms with van der Waals surface area (Å²) in [6, 6.07) is 8.41. The highest BCUT2D eigenvalue weighted by atomic mass is 16.3. The van der Waals surface area contributed by atoms with Crippen LogP contribution in [0.15, 0.2) is 24.3 Å². The lowest BCUT2D eigenvalue weighted by Crippen LogP contribution is -2.47. The maximum absolute atomic E-state index is 10.4. The normalized spacial score (nSPS) is 26.5. The fourth-order valence-electron chi connectivity index (χ4n) is 2.30. The van der Waals surface area contributed by atoms with Crippen LogP contribution in [0.2, 0.25) is 0 Å². The number of aliphatic hydroxyl groups is 1. The first-order valence-corrected chi connectivity index (χ1v) is 5.67. The second-order valence-electron chi connectivity index (χ2n) is 4.67. The highest BCUT2D eigenvalue weighted by Gasteiger charge is 2.28. The molecule has 0 radical (unpaired) electrons. The molecule has 0 aromatic heterocycles. The van der Waals surface area contributed by atoms with Crippen LogP contribution >= 0.6 is 0 Å². The van der Waals surface area contributed by atoms with Crippen LogP contribution in [0.4, 0.5) is 0 Å². The Hall–Kier alpha value is -0.860. The van der Waals surface area contributed by atoms with Crippen molar-refractivity contribution in [3.63, 3.8) is 0 Å². The number of nitrogens with one attached hydrogen (secondary N) is 1. The summed E-state index contributed by atoms with van der Waals surface area (Å²) in [4.78, 5) is 0. The number of β-amino-alcohol motifs (C(OH)–C–C–N with tert-alkyl or cyclic N) is 1. The standard InChI is InChI=1S/C13H19NO/c1-11-4-2-5-12(8-11)9-13(15)6-3-7-14-10-13/h2,4-5,8,14-15H,3,6-7,9-10H2,1H3. The van der Waals surface area contributed by atoms with Gasteiger partial charge in [-0.15, -0.1) is 0 Å². The third-order valence-corrected chi connectivity index (χ3v) is 3.07. The molecular formula is C13H19NO. The predicted octanol–water partition coefficient (Wildman–Crippen LogP) is 1.65. The molecule has 1 aliphatic rings. The molecule has 0 saturated carbocycles. The number of piperidine rings is 1. The van der Waals surface area contributed by atoms with E-state index in [4.69, 9.17) is 0 Å². The molecule has 1 unspecified atom stereocenters. The summed E-state index contributed by atoms with van der Waals surface area (Å²) in [7, 11) is 0. The molecule has 1 saturated heterocycles. The molecule has 15 heavy (non-hydrogen) atoms. The first kappa shape index (κ1) is 10.7. The summed E-state index contributed by atoms with van der Waals surface area (Å²) >= 11 is 0. The lowest BCUT2D eigenvalue weighted by Gasteiger charge is -2.32. The van der Waals surface area contributed by atoms with Gasteiger partial charge in [-0.1, -0.05) is 29.8 Å². The van der Waals surface area contributed by atoms with Gasteiger partial charge in [0.25, 0.3) is 0 Å². The van der Waals surface area contributed by atoms with Gasteiger partial charge in [0, 0.05) is 13.0 Å². The Morgan fingerprint density at radius 1 is 1.47 bits per heavy atom. The fraction of sp³-hybridized carbons (Fsp3) is 0.538. The Morgan fingerprint density at radius 2 is 2.33 bits per heavy atom. The van der Waals surface area contributed by atoms with Gasteiger partial charge in [0.15, 0.2) is 0 Å². The highest BCUT2D eigenvalue weighted by molar-refractivity contribution is 5.23. The van der Waals surface area contributed by atoms with E-state index in [-0.39, 0.29) is 0 Å². The third-order valence-electron chi connectivity index (χ3n) is 3.07. The summed E-state index contributed by atoms with van der Waals surface area (Å²) in [6.07, 6.45) is 2.75. The first-order valence-electron chi connectivity index (χ1n) is 5.67. The molecule has 0 bridgehead atoms. The van der Waals surface area contributed by atoms with Crippen LogP contribution in [0.5, 0.6) is 0 Å². The minimum Gasteiger partial charge on any atom is -0.388 e. The van der Waals surface area contributed by atoms with Crippen LogP contribution in [0.25, 0.3) is 0 Å². The van der Waals surface area contributed by atoms with Crippen LogP contribution in [-0.2, 0) is 6.42 Å². The molecule has 2 N–H and O–H groups in total. The van der Waals surface area contributed by atoms with Crippen molar-refractivity contribution in [2.45, 2.75) is 31.8 Å². The number of benzene rings is 1. The van der Waals surface area contributed by atoms with Gasteiger partial charge < -0.3 is 10.4 Å². The molecule has 2 nitrogen and oxygen atoms in total. The van der Waals surface area contributed by atoms with Crippen molar-refractivity contribution in [2.24, 2.45) is 0 Å². The van der Waals surface area contributed by atoms with Gasteiger partial charge in [-0.25, -0.2) is 0 Å². The molecule has 1 heterocycles. The molecule has 1 aliphatic heterocycles. The second-order valence-corrected chi connectivity index (χ2v) is 4.67. The monoisotopic (exact) mass is 205 g/mol. The first-order chi connectivity index (χ1) is 7.18. The minimum atomic E-state index is -0.536. The Bertz CT molecular complexity index is 329. The third kappa shape index (κ3) is 2.80. The van der Waals surface area contributed by atoms with E-state index in [1.54, 1.807) is 0 Å². The Labute approximate surface area is 91.3 Å². The molecule has 82 valence electrons. The van der Waals surface area contributed by atoms with E-state index in [9.17, 15) is 5.11 Å². The molecule has 2 heteroatoms. The van der Waals surface area contributed by atoms with E-state index in [1.807, 2.05) is 0 Å². The van der Waals surface area contributed by atoms with Gasteiger partial charge in [-0.3, -0.25) is 0 Å². The Kier molecular flexibility index (Phi) is 3.08. The maximum atomic E-state index is 10.4. The maximum Gasteiger partial charge on any atom is 0.0812 e. The molecule has 1 aromatic carbocycles. The SMILES string of the molecule is Cc1cccc(CC2(O)CCCNC2)c1. The molecular weight excluding hydrogens is 186 g/mol. The molecule has 2 rings (SSSR count). The fourth-order valence-corrected chi connectivity index (χ4v) is 2.30. The Balaban J connectivity index is 2.06. The van der Waals surface area contributed by atoms with Crippen LogP contribution < -0.4 is 5.32 Å². The zero-order valence-corrected chi connectivity index (χ0v) is 9.29. The van der Waals surface area contributed by atoms with Gasteiger partial charge in [-0.05, 0) is 31.9 Å². The van der Waals surface area contributed by atoms with Crippen molar-refractivity contribution >= 4 is 0 Å². The van der Waals surface area contributed by atoms with E-state index in [2.05, 4.69) is 36.5 Å². The van der Waals surface area contributed by atoms with E-state index >= 15 is 0 Å².